The molecule has 13 rings (SSSR count). The summed E-state index contributed by atoms with van der Waals surface area (Å²) in [7, 11) is 0. The van der Waals surface area contributed by atoms with Crippen LogP contribution in [0.15, 0.2) is 224 Å². The summed E-state index contributed by atoms with van der Waals surface area (Å²) in [6.07, 6.45) is 0.689. The standard InChI is InChI=1S/C73H60N2/c1-46-20-18-21-47(2)69(46)56-34-32-52-40-53-33-35-57(70-48(3)22-19-23-49(70)4)44-66(53)75(64-31-17-15-29-60(64)51-26-12-9-13-27-51)68-45-67(74(65(52)43-56)63-30-16-14-28-59(63)50-24-10-8-11-25-50)61-38-36-54-41-58(73(5,6)7)42-55-37-39-62(68)72(61)71(54)55/h8-39,41-45H,40H2,1-7H3. The Hall–Kier alpha value is -8.72. The number of benzene rings is 12. The summed E-state index contributed by atoms with van der Waals surface area (Å²) in [5.74, 6) is 0. The van der Waals surface area contributed by atoms with E-state index < -0.39 is 0 Å². The zero-order valence-electron chi connectivity index (χ0n) is 44.0. The van der Waals surface area contributed by atoms with Crippen LogP contribution in [-0.4, -0.2) is 0 Å². The lowest BCUT2D eigenvalue weighted by Crippen LogP contribution is -2.19. The Labute approximate surface area is 442 Å². The van der Waals surface area contributed by atoms with Crippen LogP contribution in [-0.2, 0) is 11.8 Å². The Morgan fingerprint density at radius 2 is 0.733 bits per heavy atom. The van der Waals surface area contributed by atoms with E-state index in [4.69, 9.17) is 0 Å². The summed E-state index contributed by atoms with van der Waals surface area (Å²) in [5.41, 5.74) is 25.4. The highest BCUT2D eigenvalue weighted by atomic mass is 15.2. The average Bonchev–Trinajstić information content (AvgIpc) is 3.42. The van der Waals surface area contributed by atoms with E-state index in [1.165, 1.54) is 116 Å². The fraction of sp³-hybridized carbons (Fsp3) is 0.123. The molecule has 1 aliphatic rings. The fourth-order valence-corrected chi connectivity index (χ4v) is 12.4. The molecule has 0 amide bonds. The molecule has 0 aromatic heterocycles. The maximum absolute atomic E-state index is 2.63. The molecular formula is C73H60N2. The van der Waals surface area contributed by atoms with Gasteiger partial charge in [0.15, 0.2) is 0 Å². The normalized spacial score (nSPS) is 12.6. The fourth-order valence-electron chi connectivity index (χ4n) is 12.4. The molecule has 1 heterocycles. The molecule has 0 N–H and O–H groups in total. The van der Waals surface area contributed by atoms with Crippen molar-refractivity contribution in [3.63, 3.8) is 0 Å². The lowest BCUT2D eigenvalue weighted by atomic mass is 9.82. The molecule has 0 radical (unpaired) electrons. The van der Waals surface area contributed by atoms with Crippen LogP contribution in [0, 0.1) is 27.7 Å². The molecule has 2 nitrogen and oxygen atoms in total. The molecule has 2 heteroatoms. The van der Waals surface area contributed by atoms with Gasteiger partial charge in [-0.15, -0.1) is 0 Å². The number of anilines is 6. The van der Waals surface area contributed by atoms with Gasteiger partial charge in [0.2, 0.25) is 0 Å². The first-order chi connectivity index (χ1) is 36.5. The molecule has 0 aliphatic carbocycles. The lowest BCUT2D eigenvalue weighted by Gasteiger charge is -2.37. The van der Waals surface area contributed by atoms with Crippen molar-refractivity contribution in [3.05, 3.63) is 263 Å². The summed E-state index contributed by atoms with van der Waals surface area (Å²) >= 11 is 0. The maximum Gasteiger partial charge on any atom is 0.0561 e. The molecule has 12 aromatic rings. The van der Waals surface area contributed by atoms with Gasteiger partial charge in [0.25, 0.3) is 0 Å². The number of hydrogen-bond donors (Lipinski definition) is 0. The van der Waals surface area contributed by atoms with E-state index in [9.17, 15) is 0 Å². The van der Waals surface area contributed by atoms with E-state index in [1.807, 2.05) is 0 Å². The summed E-state index contributed by atoms with van der Waals surface area (Å²) in [6.45, 7) is 16.0. The van der Waals surface area contributed by atoms with E-state index in [2.05, 4.69) is 283 Å². The maximum atomic E-state index is 2.63. The monoisotopic (exact) mass is 964 g/mol. The first kappa shape index (κ1) is 46.1. The van der Waals surface area contributed by atoms with Crippen LogP contribution in [0.3, 0.4) is 0 Å². The predicted octanol–water partition coefficient (Wildman–Crippen LogP) is 20.6. The number of rotatable bonds is 6. The van der Waals surface area contributed by atoms with Crippen LogP contribution in [0.25, 0.3) is 76.8 Å². The molecule has 0 fully saturated rings. The van der Waals surface area contributed by atoms with Crippen molar-refractivity contribution in [2.75, 3.05) is 9.80 Å². The van der Waals surface area contributed by atoms with Crippen LogP contribution in [0.5, 0.6) is 0 Å². The molecule has 12 aromatic carbocycles. The Morgan fingerprint density at radius 3 is 1.16 bits per heavy atom. The Balaban J connectivity index is 1.24. The first-order valence-corrected chi connectivity index (χ1v) is 26.5. The topological polar surface area (TPSA) is 6.48 Å². The first-order valence-electron chi connectivity index (χ1n) is 26.5. The minimum Gasteiger partial charge on any atom is -0.309 e. The summed E-state index contributed by atoms with van der Waals surface area (Å²) in [4.78, 5) is 5.25. The Morgan fingerprint density at radius 1 is 0.320 bits per heavy atom. The Kier molecular flexibility index (Phi) is 11.1. The third-order valence-corrected chi connectivity index (χ3v) is 16.1. The number of aryl methyl sites for hydroxylation is 4. The molecule has 0 saturated carbocycles. The number of fused-ring (bicyclic) bond motifs is 6. The van der Waals surface area contributed by atoms with Crippen LogP contribution < -0.4 is 9.80 Å². The van der Waals surface area contributed by atoms with Gasteiger partial charge in [-0.05, 0) is 152 Å². The van der Waals surface area contributed by atoms with Crippen molar-refractivity contribution in [2.24, 2.45) is 0 Å². The molecular weight excluding hydrogens is 905 g/mol. The average molecular weight is 965 g/mol. The number of hydrogen-bond acceptors (Lipinski definition) is 2. The van der Waals surface area contributed by atoms with Crippen LogP contribution in [0.4, 0.5) is 34.1 Å². The second-order valence-electron chi connectivity index (χ2n) is 21.9. The smallest absolute Gasteiger partial charge is 0.0561 e. The number of nitrogens with zero attached hydrogens (tertiary/aromatic N) is 2. The molecule has 75 heavy (non-hydrogen) atoms. The molecule has 1 aliphatic heterocycles. The van der Waals surface area contributed by atoms with Crippen LogP contribution in [0.2, 0.25) is 0 Å². The van der Waals surface area contributed by atoms with Crippen molar-refractivity contribution >= 4 is 66.4 Å². The molecule has 0 saturated heterocycles. The van der Waals surface area contributed by atoms with Gasteiger partial charge in [0, 0.05) is 33.7 Å². The molecule has 0 unspecified atom stereocenters. The van der Waals surface area contributed by atoms with Crippen molar-refractivity contribution in [1.29, 1.82) is 0 Å². The van der Waals surface area contributed by atoms with E-state index in [-0.39, 0.29) is 5.41 Å². The minimum atomic E-state index is -0.0264. The molecule has 0 spiro atoms. The van der Waals surface area contributed by atoms with E-state index in [1.54, 1.807) is 0 Å². The zero-order valence-corrected chi connectivity index (χ0v) is 44.0. The van der Waals surface area contributed by atoms with Gasteiger partial charge < -0.3 is 9.80 Å². The third kappa shape index (κ3) is 7.78. The van der Waals surface area contributed by atoms with Gasteiger partial charge >= 0.3 is 0 Å². The summed E-state index contributed by atoms with van der Waals surface area (Å²) < 4.78 is 0. The lowest BCUT2D eigenvalue weighted by molar-refractivity contribution is 0.591. The minimum absolute atomic E-state index is 0.0264. The summed E-state index contributed by atoms with van der Waals surface area (Å²) in [5, 5.41) is 7.50. The molecule has 0 atom stereocenters. The molecule has 362 valence electrons. The third-order valence-electron chi connectivity index (χ3n) is 16.1. The van der Waals surface area contributed by atoms with Gasteiger partial charge in [-0.2, -0.15) is 0 Å². The van der Waals surface area contributed by atoms with Crippen molar-refractivity contribution in [3.8, 4) is 44.5 Å². The highest BCUT2D eigenvalue weighted by Crippen LogP contribution is 2.55. The van der Waals surface area contributed by atoms with Crippen molar-refractivity contribution in [1.82, 2.24) is 0 Å². The van der Waals surface area contributed by atoms with Gasteiger partial charge in [-0.3, -0.25) is 0 Å². The van der Waals surface area contributed by atoms with Crippen molar-refractivity contribution in [2.45, 2.75) is 60.3 Å². The second-order valence-corrected chi connectivity index (χ2v) is 21.9. The molecule has 2 bridgehead atoms. The van der Waals surface area contributed by atoms with Gasteiger partial charge in [-0.1, -0.05) is 215 Å². The van der Waals surface area contributed by atoms with E-state index in [0.29, 0.717) is 6.42 Å². The second kappa shape index (κ2) is 18.0. The van der Waals surface area contributed by atoms with Gasteiger partial charge in [0.05, 0.1) is 34.1 Å². The van der Waals surface area contributed by atoms with Crippen LogP contribution in [0.1, 0.15) is 59.7 Å². The van der Waals surface area contributed by atoms with Crippen molar-refractivity contribution < 1.29 is 0 Å². The highest BCUT2D eigenvalue weighted by molar-refractivity contribution is 6.29. The van der Waals surface area contributed by atoms with E-state index in [0.717, 1.165) is 34.1 Å². The number of para-hydroxylation sites is 2. The Bertz CT molecular complexity index is 3880. The zero-order chi connectivity index (χ0) is 51.1. The summed E-state index contributed by atoms with van der Waals surface area (Å²) in [6, 6.07) is 85.0. The van der Waals surface area contributed by atoms with Gasteiger partial charge in [-0.25, -0.2) is 0 Å². The van der Waals surface area contributed by atoms with Gasteiger partial charge in [0.1, 0.15) is 0 Å². The van der Waals surface area contributed by atoms with Crippen LogP contribution >= 0.6 is 0 Å². The highest BCUT2D eigenvalue weighted by Gasteiger charge is 2.31. The predicted molar refractivity (Wildman–Crippen MR) is 322 cm³/mol. The SMILES string of the molecule is Cc1cccc(C)c1-c1ccc2c(c1)N(c1ccccc1-c1ccccc1)c1cc(c3ccc4cc(C(C)(C)C)cc5ccc1c3c54)N(c1ccccc1-c1ccccc1)c1cc(-c3c(C)cccc3C)ccc1C2. The quantitative estimate of drug-likeness (QED) is 0.153. The van der Waals surface area contributed by atoms with E-state index >= 15 is 0 Å². The largest absolute Gasteiger partial charge is 0.309 e.